The van der Waals surface area contributed by atoms with Gasteiger partial charge in [0.05, 0.1) is 0 Å². The van der Waals surface area contributed by atoms with Gasteiger partial charge in [0.1, 0.15) is 6.54 Å². The van der Waals surface area contributed by atoms with E-state index < -0.39 is 0 Å². The minimum Gasteiger partial charge on any atom is -0.205 e. The first-order valence-electron chi connectivity index (χ1n) is 11.8. The number of rotatable bonds is 18. The van der Waals surface area contributed by atoms with E-state index in [1.54, 1.807) is 0 Å². The Morgan fingerprint density at radius 2 is 0.962 bits per heavy atom. The molecule has 0 N–H and O–H groups in total. The molecule has 0 radical (unpaired) electrons. The molecule has 26 heavy (non-hydrogen) atoms. The van der Waals surface area contributed by atoms with Crippen LogP contribution in [-0.4, -0.2) is 0 Å². The molecule has 0 saturated carbocycles. The Labute approximate surface area is 164 Å². The zero-order valence-corrected chi connectivity index (χ0v) is 18.0. The third-order valence-corrected chi connectivity index (χ3v) is 5.55. The van der Waals surface area contributed by atoms with Gasteiger partial charge in [0.25, 0.3) is 0 Å². The van der Waals surface area contributed by atoms with Crippen molar-refractivity contribution in [2.24, 2.45) is 0 Å². The van der Waals surface area contributed by atoms with E-state index in [4.69, 9.17) is 0 Å². The van der Waals surface area contributed by atoms with Crippen molar-refractivity contribution >= 4 is 0 Å². The zero-order chi connectivity index (χ0) is 18.7. The molecule has 0 aromatic carbocycles. The number of aromatic nitrogens is 1. The van der Waals surface area contributed by atoms with E-state index in [2.05, 4.69) is 42.9 Å². The molecule has 1 nitrogen and oxygen atoms in total. The second-order valence-electron chi connectivity index (χ2n) is 8.14. The number of hydrogen-bond donors (Lipinski definition) is 0. The summed E-state index contributed by atoms with van der Waals surface area (Å²) in [6.07, 6.45) is 28.3. The molecule has 1 heterocycles. The highest BCUT2D eigenvalue weighted by molar-refractivity contribution is 5.07. The van der Waals surface area contributed by atoms with Crippen molar-refractivity contribution in [3.63, 3.8) is 0 Å². The lowest BCUT2D eigenvalue weighted by Crippen LogP contribution is -2.32. The molecule has 0 saturated heterocycles. The number of pyridine rings is 1. The van der Waals surface area contributed by atoms with E-state index in [9.17, 15) is 0 Å². The van der Waals surface area contributed by atoms with Gasteiger partial charge in [0.2, 0.25) is 0 Å². The number of hydrogen-bond acceptors (Lipinski definition) is 0. The summed E-state index contributed by atoms with van der Waals surface area (Å²) in [6, 6.07) is 4.67. The molecule has 0 unspecified atom stereocenters. The van der Waals surface area contributed by atoms with E-state index in [1.165, 1.54) is 121 Å². The summed E-state index contributed by atoms with van der Waals surface area (Å²) < 4.78 is 2.37. The predicted octanol–water partition coefficient (Wildman–Crippen LogP) is 7.80. The van der Waals surface area contributed by atoms with Crippen molar-refractivity contribution in [2.45, 2.75) is 130 Å². The van der Waals surface area contributed by atoms with Crippen LogP contribution in [-0.2, 0) is 13.0 Å². The summed E-state index contributed by atoms with van der Waals surface area (Å²) in [4.78, 5) is 0. The van der Waals surface area contributed by atoms with Crippen LogP contribution in [0.1, 0.15) is 122 Å². The summed E-state index contributed by atoms with van der Waals surface area (Å²) >= 11 is 0. The van der Waals surface area contributed by atoms with Gasteiger partial charge in [-0.3, -0.25) is 0 Å². The highest BCUT2D eigenvalue weighted by atomic mass is 14.9. The van der Waals surface area contributed by atoms with Gasteiger partial charge in [-0.15, -0.1) is 0 Å². The van der Waals surface area contributed by atoms with Gasteiger partial charge >= 0.3 is 0 Å². The molecule has 0 atom stereocenters. The zero-order valence-electron chi connectivity index (χ0n) is 18.0. The Kier molecular flexibility index (Phi) is 15.7. The van der Waals surface area contributed by atoms with Crippen molar-refractivity contribution in [1.29, 1.82) is 0 Å². The maximum absolute atomic E-state index is 2.37. The van der Waals surface area contributed by atoms with Gasteiger partial charge in [-0.05, 0) is 24.8 Å². The molecule has 0 amide bonds. The summed E-state index contributed by atoms with van der Waals surface area (Å²) in [5.41, 5.74) is 1.51. The highest BCUT2D eigenvalue weighted by Gasteiger charge is 2.01. The van der Waals surface area contributed by atoms with Crippen LogP contribution in [0.15, 0.2) is 24.5 Å². The lowest BCUT2D eigenvalue weighted by Gasteiger charge is -2.03. The lowest BCUT2D eigenvalue weighted by molar-refractivity contribution is -0.697. The molecule has 0 spiro atoms. The molecule has 1 aromatic heterocycles. The van der Waals surface area contributed by atoms with Crippen LogP contribution in [0.3, 0.4) is 0 Å². The second kappa shape index (κ2) is 17.6. The second-order valence-corrected chi connectivity index (χ2v) is 8.14. The summed E-state index contributed by atoms with van der Waals surface area (Å²) in [7, 11) is 0. The molecule has 1 heteroatoms. The fourth-order valence-corrected chi connectivity index (χ4v) is 3.70. The largest absolute Gasteiger partial charge is 0.205 e. The van der Waals surface area contributed by atoms with Crippen molar-refractivity contribution in [3.05, 3.63) is 30.1 Å². The van der Waals surface area contributed by atoms with Gasteiger partial charge in [-0.2, -0.15) is 0 Å². The highest BCUT2D eigenvalue weighted by Crippen LogP contribution is 2.11. The average Bonchev–Trinajstić information content (AvgIpc) is 2.67. The van der Waals surface area contributed by atoms with Gasteiger partial charge < -0.3 is 0 Å². The van der Waals surface area contributed by atoms with Gasteiger partial charge in [-0.1, -0.05) is 97.3 Å². The third-order valence-electron chi connectivity index (χ3n) is 5.55. The topological polar surface area (TPSA) is 3.88 Å². The smallest absolute Gasteiger partial charge is 0.169 e. The number of aryl methyl sites for hydroxylation is 2. The Morgan fingerprint density at radius 1 is 0.538 bits per heavy atom. The standard InChI is InChI=1S/C25H46N/c1-3-5-7-9-11-12-13-14-16-18-22-26-23-20-25(21-24-26)19-17-15-10-8-6-4-2/h20-21,23-24H,3-19,22H2,1-2H3/q+1. The van der Waals surface area contributed by atoms with Crippen molar-refractivity contribution in [1.82, 2.24) is 0 Å². The number of unbranched alkanes of at least 4 members (excludes halogenated alkanes) is 14. The summed E-state index contributed by atoms with van der Waals surface area (Å²) in [5.74, 6) is 0. The normalized spacial score (nSPS) is 11.2. The molecule has 0 bridgehead atoms. The Balaban J connectivity index is 1.96. The summed E-state index contributed by atoms with van der Waals surface area (Å²) in [5, 5.41) is 0. The average molecular weight is 361 g/mol. The van der Waals surface area contributed by atoms with Crippen LogP contribution < -0.4 is 4.57 Å². The lowest BCUT2D eigenvalue weighted by atomic mass is 10.1. The van der Waals surface area contributed by atoms with Gasteiger partial charge in [-0.25, -0.2) is 4.57 Å². The molecule has 0 fully saturated rings. The van der Waals surface area contributed by atoms with Crippen LogP contribution in [0.5, 0.6) is 0 Å². The molecule has 0 aliphatic rings. The molecular weight excluding hydrogens is 314 g/mol. The van der Waals surface area contributed by atoms with Crippen LogP contribution in [0.25, 0.3) is 0 Å². The SMILES string of the molecule is CCCCCCCCCCCC[n+]1ccc(CCCCCCCC)cc1. The quantitative estimate of drug-likeness (QED) is 0.186. The van der Waals surface area contributed by atoms with E-state index >= 15 is 0 Å². The van der Waals surface area contributed by atoms with Gasteiger partial charge in [0, 0.05) is 18.6 Å². The first kappa shape index (κ1) is 23.2. The Bertz CT molecular complexity index is 395. The molecule has 1 rings (SSSR count). The van der Waals surface area contributed by atoms with Gasteiger partial charge in [0.15, 0.2) is 12.4 Å². The Morgan fingerprint density at radius 3 is 1.46 bits per heavy atom. The predicted molar refractivity (Wildman–Crippen MR) is 116 cm³/mol. The first-order valence-corrected chi connectivity index (χ1v) is 11.8. The van der Waals surface area contributed by atoms with E-state index in [0.717, 1.165) is 0 Å². The Hall–Kier alpha value is -0.850. The van der Waals surface area contributed by atoms with Crippen LogP contribution in [0, 0.1) is 0 Å². The molecule has 1 aromatic rings. The molecule has 0 aliphatic carbocycles. The molecule has 0 aliphatic heterocycles. The van der Waals surface area contributed by atoms with Crippen molar-refractivity contribution < 1.29 is 4.57 Å². The van der Waals surface area contributed by atoms with Crippen LogP contribution >= 0.6 is 0 Å². The maximum Gasteiger partial charge on any atom is 0.169 e. The third kappa shape index (κ3) is 13.4. The van der Waals surface area contributed by atoms with Crippen LogP contribution in [0.2, 0.25) is 0 Å². The van der Waals surface area contributed by atoms with E-state index in [1.807, 2.05) is 0 Å². The van der Waals surface area contributed by atoms with E-state index in [0.29, 0.717) is 0 Å². The van der Waals surface area contributed by atoms with E-state index in [-0.39, 0.29) is 0 Å². The summed E-state index contributed by atoms with van der Waals surface area (Å²) in [6.45, 7) is 5.77. The molecule has 150 valence electrons. The number of nitrogens with zero attached hydrogens (tertiary/aromatic N) is 1. The van der Waals surface area contributed by atoms with Crippen molar-refractivity contribution in [2.75, 3.05) is 0 Å². The maximum atomic E-state index is 2.37. The fraction of sp³-hybridized carbons (Fsp3) is 0.800. The molecular formula is C25H46N+. The van der Waals surface area contributed by atoms with Crippen molar-refractivity contribution in [3.8, 4) is 0 Å². The minimum atomic E-state index is 1.19. The van der Waals surface area contributed by atoms with Crippen LogP contribution in [0.4, 0.5) is 0 Å². The fourth-order valence-electron chi connectivity index (χ4n) is 3.70. The monoisotopic (exact) mass is 360 g/mol. The first-order chi connectivity index (χ1) is 12.9. The minimum absolute atomic E-state index is 1.19.